The number of anilines is 2. The molecule has 1 rings (SSSR count). The minimum atomic E-state index is -0.791. The first-order valence-corrected chi connectivity index (χ1v) is 7.32. The summed E-state index contributed by atoms with van der Waals surface area (Å²) in [5.41, 5.74) is -0.791. The molecule has 1 aromatic heterocycles. The molecule has 0 saturated heterocycles. The van der Waals surface area contributed by atoms with Crippen molar-refractivity contribution in [3.05, 3.63) is 11.9 Å². The van der Waals surface area contributed by atoms with Crippen LogP contribution in [0.1, 0.15) is 33.0 Å². The zero-order valence-electron chi connectivity index (χ0n) is 13.0. The Morgan fingerprint density at radius 2 is 1.81 bits per heavy atom. The van der Waals surface area contributed by atoms with E-state index < -0.39 is 5.54 Å². The number of hydrogen-bond acceptors (Lipinski definition) is 7. The lowest BCUT2D eigenvalue weighted by molar-refractivity contribution is 0.127. The third kappa shape index (κ3) is 5.11. The van der Waals surface area contributed by atoms with Crippen molar-refractivity contribution >= 4 is 11.6 Å². The summed E-state index contributed by atoms with van der Waals surface area (Å²) >= 11 is 0. The third-order valence-corrected chi connectivity index (χ3v) is 3.24. The Labute approximate surface area is 125 Å². The SMILES string of the molecule is CCNc1cc(NC(CC)(CO)CO)nc(COCC)n1. The maximum atomic E-state index is 9.52. The molecule has 4 N–H and O–H groups in total. The van der Waals surface area contributed by atoms with Crippen molar-refractivity contribution in [2.75, 3.05) is 37.0 Å². The smallest absolute Gasteiger partial charge is 0.158 e. The molecule has 0 amide bonds. The highest BCUT2D eigenvalue weighted by Crippen LogP contribution is 2.19. The van der Waals surface area contributed by atoms with Crippen LogP contribution in [0.3, 0.4) is 0 Å². The van der Waals surface area contributed by atoms with Gasteiger partial charge in [-0.05, 0) is 20.3 Å². The first-order valence-electron chi connectivity index (χ1n) is 7.32. The van der Waals surface area contributed by atoms with E-state index in [4.69, 9.17) is 4.74 Å². The minimum absolute atomic E-state index is 0.179. The summed E-state index contributed by atoms with van der Waals surface area (Å²) < 4.78 is 5.34. The van der Waals surface area contributed by atoms with Gasteiger partial charge in [-0.3, -0.25) is 0 Å². The van der Waals surface area contributed by atoms with E-state index in [-0.39, 0.29) is 13.2 Å². The number of ether oxygens (including phenoxy) is 1. The molecule has 0 bridgehead atoms. The van der Waals surface area contributed by atoms with Gasteiger partial charge >= 0.3 is 0 Å². The molecule has 0 aliphatic rings. The van der Waals surface area contributed by atoms with Crippen LogP contribution in [0.5, 0.6) is 0 Å². The molecule has 0 fully saturated rings. The number of hydrogen-bond donors (Lipinski definition) is 4. The maximum absolute atomic E-state index is 9.52. The van der Waals surface area contributed by atoms with Crippen LogP contribution >= 0.6 is 0 Å². The van der Waals surface area contributed by atoms with Crippen LogP contribution in [0.25, 0.3) is 0 Å². The molecule has 21 heavy (non-hydrogen) atoms. The highest BCUT2D eigenvalue weighted by Gasteiger charge is 2.27. The van der Waals surface area contributed by atoms with E-state index in [1.54, 1.807) is 6.07 Å². The molecule has 0 radical (unpaired) electrons. The van der Waals surface area contributed by atoms with Crippen LogP contribution in [0.4, 0.5) is 11.6 Å². The van der Waals surface area contributed by atoms with Gasteiger partial charge in [0.1, 0.15) is 18.2 Å². The zero-order valence-corrected chi connectivity index (χ0v) is 13.0. The Balaban J connectivity index is 3.00. The fourth-order valence-corrected chi connectivity index (χ4v) is 1.80. The summed E-state index contributed by atoms with van der Waals surface area (Å²) in [6.07, 6.45) is 0.571. The van der Waals surface area contributed by atoms with Crippen LogP contribution in [-0.4, -0.2) is 52.1 Å². The van der Waals surface area contributed by atoms with Crippen molar-refractivity contribution < 1.29 is 14.9 Å². The van der Waals surface area contributed by atoms with Crippen LogP contribution < -0.4 is 10.6 Å². The number of rotatable bonds is 10. The summed E-state index contributed by atoms with van der Waals surface area (Å²) in [5, 5.41) is 25.3. The molecule has 7 nitrogen and oxygen atoms in total. The molecule has 0 unspecified atom stereocenters. The molecule has 0 saturated carbocycles. The summed E-state index contributed by atoms with van der Waals surface area (Å²) in [6, 6.07) is 1.76. The Morgan fingerprint density at radius 1 is 1.14 bits per heavy atom. The highest BCUT2D eigenvalue weighted by atomic mass is 16.5. The average molecular weight is 298 g/mol. The monoisotopic (exact) mass is 298 g/mol. The molecule has 0 aromatic carbocycles. The van der Waals surface area contributed by atoms with E-state index in [9.17, 15) is 10.2 Å². The van der Waals surface area contributed by atoms with Crippen molar-refractivity contribution in [3.8, 4) is 0 Å². The van der Waals surface area contributed by atoms with Gasteiger partial charge in [0.2, 0.25) is 0 Å². The lowest BCUT2D eigenvalue weighted by Crippen LogP contribution is -2.45. The molecule has 1 heterocycles. The Kier molecular flexibility index (Phi) is 7.35. The van der Waals surface area contributed by atoms with Gasteiger partial charge in [-0.1, -0.05) is 6.92 Å². The summed E-state index contributed by atoms with van der Waals surface area (Å²) in [5.74, 6) is 1.80. The van der Waals surface area contributed by atoms with Gasteiger partial charge in [0.25, 0.3) is 0 Å². The Morgan fingerprint density at radius 3 is 2.33 bits per heavy atom. The van der Waals surface area contributed by atoms with Gasteiger partial charge in [0.15, 0.2) is 5.82 Å². The van der Waals surface area contributed by atoms with E-state index >= 15 is 0 Å². The van der Waals surface area contributed by atoms with E-state index in [1.165, 1.54) is 0 Å². The van der Waals surface area contributed by atoms with Gasteiger partial charge in [-0.25, -0.2) is 9.97 Å². The molecular formula is C14H26N4O3. The van der Waals surface area contributed by atoms with Gasteiger partial charge in [0.05, 0.1) is 18.8 Å². The fraction of sp³-hybridized carbons (Fsp3) is 0.714. The van der Waals surface area contributed by atoms with Gasteiger partial charge in [-0.15, -0.1) is 0 Å². The molecule has 7 heteroatoms. The predicted octanol–water partition coefficient (Wildman–Crippen LogP) is 0.990. The van der Waals surface area contributed by atoms with Crippen LogP contribution in [0, 0.1) is 0 Å². The van der Waals surface area contributed by atoms with Crippen molar-refractivity contribution in [3.63, 3.8) is 0 Å². The van der Waals surface area contributed by atoms with E-state index in [2.05, 4.69) is 20.6 Å². The number of nitrogens with zero attached hydrogens (tertiary/aromatic N) is 2. The summed E-state index contributed by atoms with van der Waals surface area (Å²) in [4.78, 5) is 8.73. The second kappa shape index (κ2) is 8.76. The van der Waals surface area contributed by atoms with E-state index in [0.717, 1.165) is 6.54 Å². The van der Waals surface area contributed by atoms with Crippen molar-refractivity contribution in [1.82, 2.24) is 9.97 Å². The topological polar surface area (TPSA) is 99.5 Å². The second-order valence-corrected chi connectivity index (χ2v) is 4.80. The first-order chi connectivity index (χ1) is 10.1. The summed E-state index contributed by atoms with van der Waals surface area (Å²) in [6.45, 7) is 7.08. The second-order valence-electron chi connectivity index (χ2n) is 4.80. The lowest BCUT2D eigenvalue weighted by atomic mass is 9.98. The van der Waals surface area contributed by atoms with Crippen molar-refractivity contribution in [2.45, 2.75) is 39.3 Å². The number of aliphatic hydroxyl groups excluding tert-OH is 2. The van der Waals surface area contributed by atoms with Crippen LogP contribution in [-0.2, 0) is 11.3 Å². The van der Waals surface area contributed by atoms with E-state index in [1.807, 2.05) is 20.8 Å². The normalized spacial score (nSPS) is 11.5. The standard InChI is InChI=1S/C14H26N4O3/c1-4-14(9-19,10-20)18-12-7-11(15-5-2)16-13(17-12)8-21-6-3/h7,19-20H,4-6,8-10H2,1-3H3,(H2,15,16,17,18). The van der Waals surface area contributed by atoms with Gasteiger partial charge < -0.3 is 25.6 Å². The molecule has 0 spiro atoms. The van der Waals surface area contributed by atoms with E-state index in [0.29, 0.717) is 37.1 Å². The number of nitrogens with one attached hydrogen (secondary N) is 2. The molecule has 120 valence electrons. The van der Waals surface area contributed by atoms with Gasteiger partial charge in [0, 0.05) is 19.2 Å². The molecule has 0 aliphatic heterocycles. The van der Waals surface area contributed by atoms with Gasteiger partial charge in [-0.2, -0.15) is 0 Å². The highest BCUT2D eigenvalue weighted by molar-refractivity contribution is 5.49. The van der Waals surface area contributed by atoms with Crippen LogP contribution in [0.2, 0.25) is 0 Å². The average Bonchev–Trinajstić information content (AvgIpc) is 2.51. The molecule has 0 atom stereocenters. The zero-order chi connectivity index (χ0) is 15.7. The first kappa shape index (κ1) is 17.6. The molecular weight excluding hydrogens is 272 g/mol. The lowest BCUT2D eigenvalue weighted by Gasteiger charge is -2.30. The quantitative estimate of drug-likeness (QED) is 0.511. The Hall–Kier alpha value is -1.44. The largest absolute Gasteiger partial charge is 0.394 e. The fourth-order valence-electron chi connectivity index (χ4n) is 1.80. The number of aliphatic hydroxyl groups is 2. The third-order valence-electron chi connectivity index (χ3n) is 3.24. The molecule has 0 aliphatic carbocycles. The maximum Gasteiger partial charge on any atom is 0.158 e. The van der Waals surface area contributed by atoms with Crippen molar-refractivity contribution in [1.29, 1.82) is 0 Å². The predicted molar refractivity (Wildman–Crippen MR) is 82.3 cm³/mol. The van der Waals surface area contributed by atoms with Crippen molar-refractivity contribution in [2.24, 2.45) is 0 Å². The Bertz CT molecular complexity index is 416. The molecule has 1 aromatic rings. The number of aromatic nitrogens is 2. The van der Waals surface area contributed by atoms with Crippen LogP contribution in [0.15, 0.2) is 6.07 Å². The summed E-state index contributed by atoms with van der Waals surface area (Å²) in [7, 11) is 0. The minimum Gasteiger partial charge on any atom is -0.394 e.